The number of carbonyl (C=O) groups is 1. The molecule has 4 unspecified atom stereocenters. The predicted octanol–water partition coefficient (Wildman–Crippen LogP) is -0.216. The number of phenols is 1. The van der Waals surface area contributed by atoms with Crippen LogP contribution in [-0.4, -0.2) is 119 Å². The van der Waals surface area contributed by atoms with Gasteiger partial charge in [0, 0.05) is 24.6 Å². The number of aliphatic hydroxyl groups is 5. The number of methoxy groups -OCH3 is 2. The van der Waals surface area contributed by atoms with Crippen LogP contribution in [0.1, 0.15) is 13.8 Å². The summed E-state index contributed by atoms with van der Waals surface area (Å²) in [6.45, 7) is 2.03. The largest absolute Gasteiger partial charge is 0.504 e. The van der Waals surface area contributed by atoms with Crippen molar-refractivity contribution in [2.75, 3.05) is 20.8 Å². The van der Waals surface area contributed by atoms with Gasteiger partial charge in [0.1, 0.15) is 59.1 Å². The van der Waals surface area contributed by atoms with E-state index in [2.05, 4.69) is 0 Å². The van der Waals surface area contributed by atoms with Crippen LogP contribution in [0.15, 0.2) is 45.6 Å². The van der Waals surface area contributed by atoms with Crippen LogP contribution >= 0.6 is 0 Å². The molecular formula is C31H36O16. The Balaban J connectivity index is 1.39. The topological polar surface area (TPSA) is 233 Å². The van der Waals surface area contributed by atoms with E-state index in [9.17, 15) is 40.2 Å². The minimum atomic E-state index is -1.83. The van der Waals surface area contributed by atoms with Crippen LogP contribution in [0.2, 0.25) is 0 Å². The number of aliphatic hydroxyl groups excluding tert-OH is 5. The monoisotopic (exact) mass is 664 g/mol. The molecule has 5 rings (SSSR count). The van der Waals surface area contributed by atoms with E-state index in [1.807, 2.05) is 0 Å². The Kier molecular flexibility index (Phi) is 10.2. The number of rotatable bonds is 9. The van der Waals surface area contributed by atoms with Crippen LogP contribution in [0, 0.1) is 0 Å². The summed E-state index contributed by atoms with van der Waals surface area (Å²) in [6.07, 6.45) is -15.2. The molecule has 47 heavy (non-hydrogen) atoms. The molecule has 0 amide bonds. The van der Waals surface area contributed by atoms with Crippen molar-refractivity contribution >= 4 is 16.9 Å². The van der Waals surface area contributed by atoms with E-state index in [4.69, 9.17) is 37.6 Å². The van der Waals surface area contributed by atoms with Gasteiger partial charge in [-0.3, -0.25) is 9.59 Å². The molecule has 0 saturated carbocycles. The fourth-order valence-electron chi connectivity index (χ4n) is 5.38. The Morgan fingerprint density at radius 1 is 0.872 bits per heavy atom. The van der Waals surface area contributed by atoms with E-state index >= 15 is 0 Å². The first-order valence-corrected chi connectivity index (χ1v) is 14.5. The lowest BCUT2D eigenvalue weighted by atomic mass is 9.98. The van der Waals surface area contributed by atoms with E-state index in [0.717, 1.165) is 6.92 Å². The molecule has 0 aliphatic carbocycles. The molecular weight excluding hydrogens is 628 g/mol. The summed E-state index contributed by atoms with van der Waals surface area (Å²) in [7, 11) is 2.71. The smallest absolute Gasteiger partial charge is 0.303 e. The third-order valence-electron chi connectivity index (χ3n) is 7.91. The number of ether oxygens (including phenoxy) is 7. The Morgan fingerprint density at radius 2 is 1.57 bits per heavy atom. The zero-order chi connectivity index (χ0) is 34.2. The number of fused-ring (bicyclic) bond motifs is 1. The van der Waals surface area contributed by atoms with Gasteiger partial charge in [0.15, 0.2) is 29.3 Å². The molecule has 2 aromatic carbocycles. The summed E-state index contributed by atoms with van der Waals surface area (Å²) in [5.74, 6) is -1.19. The summed E-state index contributed by atoms with van der Waals surface area (Å²) in [5.41, 5.74) is -0.165. The van der Waals surface area contributed by atoms with Gasteiger partial charge in [-0.2, -0.15) is 0 Å². The van der Waals surface area contributed by atoms with Gasteiger partial charge in [-0.05, 0) is 31.2 Å². The van der Waals surface area contributed by atoms with Gasteiger partial charge < -0.3 is 68.2 Å². The van der Waals surface area contributed by atoms with Crippen LogP contribution in [0.5, 0.6) is 23.0 Å². The molecule has 2 fully saturated rings. The van der Waals surface area contributed by atoms with Crippen molar-refractivity contribution in [3.63, 3.8) is 0 Å². The van der Waals surface area contributed by atoms with Crippen molar-refractivity contribution in [2.24, 2.45) is 0 Å². The molecule has 256 valence electrons. The molecule has 2 aliphatic heterocycles. The zero-order valence-electron chi connectivity index (χ0n) is 25.7. The Morgan fingerprint density at radius 3 is 2.21 bits per heavy atom. The highest BCUT2D eigenvalue weighted by Crippen LogP contribution is 2.43. The molecule has 16 nitrogen and oxygen atoms in total. The number of phenolic OH excluding ortho intramolecular Hbond substituents is 1. The number of aromatic hydroxyl groups is 1. The number of hydrogen-bond donors (Lipinski definition) is 6. The van der Waals surface area contributed by atoms with Gasteiger partial charge >= 0.3 is 5.97 Å². The predicted molar refractivity (Wildman–Crippen MR) is 158 cm³/mol. The molecule has 3 heterocycles. The fourth-order valence-corrected chi connectivity index (χ4v) is 5.38. The maximum atomic E-state index is 13.1. The summed E-state index contributed by atoms with van der Waals surface area (Å²) in [6, 6.07) is 9.11. The second kappa shape index (κ2) is 14.0. The molecule has 0 bridgehead atoms. The van der Waals surface area contributed by atoms with Crippen molar-refractivity contribution in [1.82, 2.24) is 0 Å². The first kappa shape index (κ1) is 34.3. The standard InChI is InChI=1S/C31H36O16/c1-12-22(34)29(44-13(2)32)27(39)30(43-12)42-11-20-23(35)25(37)26(38)31(47-20)46-19-10-18-21(24(36)28(19)41-4)16(33)9-17(45-18)14-5-7-15(40-3)8-6-14/h5-10,12,20,22-23,25-27,29-31,34-39H,11H2,1-4H3/t12-,20?,22-,23+,25-,26?,27?,29?,30+,31+/m0/s1. The maximum absolute atomic E-state index is 13.1. The highest BCUT2D eigenvalue weighted by Gasteiger charge is 2.48. The lowest BCUT2D eigenvalue weighted by Gasteiger charge is -2.43. The van der Waals surface area contributed by atoms with Crippen LogP contribution in [0.3, 0.4) is 0 Å². The molecule has 6 N–H and O–H groups in total. The third kappa shape index (κ3) is 6.86. The lowest BCUT2D eigenvalue weighted by molar-refractivity contribution is -0.319. The van der Waals surface area contributed by atoms with Crippen molar-refractivity contribution in [1.29, 1.82) is 0 Å². The number of hydrogen-bond acceptors (Lipinski definition) is 16. The number of carbonyl (C=O) groups excluding carboxylic acids is 1. The van der Waals surface area contributed by atoms with Gasteiger partial charge in [0.05, 0.1) is 26.9 Å². The average Bonchev–Trinajstić information content (AvgIpc) is 3.04. The molecule has 16 heteroatoms. The Bertz CT molecular complexity index is 1620. The summed E-state index contributed by atoms with van der Waals surface area (Å²) in [4.78, 5) is 24.5. The lowest BCUT2D eigenvalue weighted by Crippen LogP contribution is -2.62. The van der Waals surface area contributed by atoms with E-state index in [1.54, 1.807) is 24.3 Å². The summed E-state index contributed by atoms with van der Waals surface area (Å²) < 4.78 is 44.0. The quantitative estimate of drug-likeness (QED) is 0.162. The molecule has 10 atom stereocenters. The number of benzene rings is 2. The molecule has 1 aromatic heterocycles. The van der Waals surface area contributed by atoms with Crippen LogP contribution in [0.25, 0.3) is 22.3 Å². The van der Waals surface area contributed by atoms with Gasteiger partial charge in [0.25, 0.3) is 0 Å². The molecule has 3 aromatic rings. The molecule has 2 aliphatic rings. The Hall–Kier alpha value is -4.00. The molecule has 0 radical (unpaired) electrons. The Labute approximate surface area is 267 Å². The van der Waals surface area contributed by atoms with Gasteiger partial charge in [-0.15, -0.1) is 0 Å². The molecule has 0 spiro atoms. The van der Waals surface area contributed by atoms with E-state index in [1.165, 1.54) is 33.3 Å². The summed E-state index contributed by atoms with van der Waals surface area (Å²) >= 11 is 0. The third-order valence-corrected chi connectivity index (χ3v) is 7.91. The maximum Gasteiger partial charge on any atom is 0.303 e. The first-order chi connectivity index (χ1) is 22.3. The normalized spacial score (nSPS) is 30.9. The molecule has 2 saturated heterocycles. The summed E-state index contributed by atoms with van der Waals surface area (Å²) in [5, 5.41) is 63.7. The van der Waals surface area contributed by atoms with Crippen molar-refractivity contribution in [2.45, 2.75) is 75.3 Å². The van der Waals surface area contributed by atoms with Crippen molar-refractivity contribution in [3.8, 4) is 34.3 Å². The highest BCUT2D eigenvalue weighted by molar-refractivity contribution is 5.89. The second-order valence-corrected chi connectivity index (χ2v) is 11.1. The van der Waals surface area contributed by atoms with Crippen LogP contribution in [-0.2, 0) is 23.7 Å². The van der Waals surface area contributed by atoms with Gasteiger partial charge in [-0.25, -0.2) is 0 Å². The van der Waals surface area contributed by atoms with E-state index < -0.39 is 85.2 Å². The van der Waals surface area contributed by atoms with Crippen molar-refractivity contribution in [3.05, 3.63) is 46.6 Å². The van der Waals surface area contributed by atoms with E-state index in [-0.39, 0.29) is 28.2 Å². The SMILES string of the molecule is COc1ccc(-c2cc(=O)c3c(O)c(OC)c(O[C@@H]4OC(CO[C@@H]5O[C@@H](C)[C@H](O)C(OC(C)=O)C5O)[C@@H](O)[C@H](O)C4O)cc3o2)cc1. The number of esters is 1. The average molecular weight is 665 g/mol. The second-order valence-electron chi connectivity index (χ2n) is 11.1. The first-order valence-electron chi connectivity index (χ1n) is 14.5. The zero-order valence-corrected chi connectivity index (χ0v) is 25.7. The van der Waals surface area contributed by atoms with Gasteiger partial charge in [0.2, 0.25) is 12.0 Å². The highest BCUT2D eigenvalue weighted by atomic mass is 16.7. The van der Waals surface area contributed by atoms with Crippen LogP contribution < -0.4 is 19.6 Å². The minimum Gasteiger partial charge on any atom is -0.504 e. The van der Waals surface area contributed by atoms with E-state index in [0.29, 0.717) is 11.3 Å². The minimum absolute atomic E-state index is 0.107. The fraction of sp³-hybridized carbons (Fsp3) is 0.484. The van der Waals surface area contributed by atoms with Crippen LogP contribution in [0.4, 0.5) is 0 Å². The van der Waals surface area contributed by atoms with Gasteiger partial charge in [-0.1, -0.05) is 0 Å². The van der Waals surface area contributed by atoms with Crippen molar-refractivity contribution < 1.29 is 73.0 Å².